The van der Waals surface area contributed by atoms with E-state index in [4.69, 9.17) is 9.47 Å². The summed E-state index contributed by atoms with van der Waals surface area (Å²) in [6, 6.07) is 17.8. The molecule has 0 atom stereocenters. The highest BCUT2D eigenvalue weighted by atomic mass is 32.2. The molecule has 0 radical (unpaired) electrons. The Labute approximate surface area is 225 Å². The lowest BCUT2D eigenvalue weighted by Gasteiger charge is -2.26. The number of ether oxygens (including phenoxy) is 2. The van der Waals surface area contributed by atoms with Crippen LogP contribution in [0.4, 0.5) is 11.5 Å². The predicted octanol–water partition coefficient (Wildman–Crippen LogP) is 3.36. The van der Waals surface area contributed by atoms with Crippen molar-refractivity contribution in [3.8, 4) is 11.5 Å². The fourth-order valence-corrected chi connectivity index (χ4v) is 6.52. The molecule has 4 rings (SSSR count). The summed E-state index contributed by atoms with van der Waals surface area (Å²) in [6.07, 6.45) is 1.15. The van der Waals surface area contributed by atoms with Crippen LogP contribution >= 0.6 is 0 Å². The summed E-state index contributed by atoms with van der Waals surface area (Å²) in [5, 5.41) is 10.2. The Balaban J connectivity index is 1.85. The van der Waals surface area contributed by atoms with Gasteiger partial charge in [-0.05, 0) is 48.5 Å². The van der Waals surface area contributed by atoms with Gasteiger partial charge in [-0.25, -0.2) is 21.8 Å². The van der Waals surface area contributed by atoms with E-state index in [0.29, 0.717) is 16.9 Å². The minimum absolute atomic E-state index is 0.00431. The maximum atomic E-state index is 13.6. The highest BCUT2D eigenvalue weighted by molar-refractivity contribution is 7.93. The highest BCUT2D eigenvalue weighted by Gasteiger charge is 2.31. The number of pyridine rings is 1. The van der Waals surface area contributed by atoms with Gasteiger partial charge in [0.1, 0.15) is 23.9 Å². The first-order valence-corrected chi connectivity index (χ1v) is 14.3. The van der Waals surface area contributed by atoms with E-state index in [1.165, 1.54) is 69.8 Å². The summed E-state index contributed by atoms with van der Waals surface area (Å²) in [6.45, 7) is -0.890. The molecule has 1 heterocycles. The molecule has 0 aliphatic rings. The molecular weight excluding hydrogens is 546 g/mol. The average Bonchev–Trinajstić information content (AvgIpc) is 2.95. The molecule has 11 nitrogen and oxygen atoms in total. The van der Waals surface area contributed by atoms with Crippen molar-refractivity contribution in [1.29, 1.82) is 0 Å². The van der Waals surface area contributed by atoms with Gasteiger partial charge in [0.2, 0.25) is 0 Å². The Morgan fingerprint density at radius 3 is 1.77 bits per heavy atom. The number of nitrogens with zero attached hydrogens (tertiary/aromatic N) is 3. The van der Waals surface area contributed by atoms with E-state index in [1.807, 2.05) is 0 Å². The van der Waals surface area contributed by atoms with Crippen LogP contribution in [0.1, 0.15) is 0 Å². The number of carboxylic acid groups (broad SMARTS) is 1. The van der Waals surface area contributed by atoms with Crippen LogP contribution in [0.5, 0.6) is 11.5 Å². The molecule has 13 heteroatoms. The number of carboxylic acids is 1. The number of hydrogen-bond acceptors (Lipinski definition) is 8. The SMILES string of the molecule is COc1ccc(S(=O)(=O)N(C)c2ncc(N(CC(=O)O)S(=O)(=O)c3ccc(OC)cc3)c3ccccc23)cc1. The smallest absolute Gasteiger partial charge is 0.324 e. The monoisotopic (exact) mass is 571 g/mol. The normalized spacial score (nSPS) is 11.7. The van der Waals surface area contributed by atoms with Crippen molar-refractivity contribution in [2.75, 3.05) is 36.4 Å². The van der Waals surface area contributed by atoms with Crippen molar-refractivity contribution in [2.45, 2.75) is 9.79 Å². The third-order valence-corrected chi connectivity index (χ3v) is 9.50. The molecule has 0 spiro atoms. The summed E-state index contributed by atoms with van der Waals surface area (Å²) in [4.78, 5) is 15.9. The first kappa shape index (κ1) is 27.7. The second kappa shape index (κ2) is 10.8. The molecule has 4 aromatic rings. The van der Waals surface area contributed by atoms with Gasteiger partial charge in [-0.2, -0.15) is 0 Å². The van der Waals surface area contributed by atoms with Gasteiger partial charge in [-0.15, -0.1) is 0 Å². The van der Waals surface area contributed by atoms with Gasteiger partial charge in [0.25, 0.3) is 20.0 Å². The van der Waals surface area contributed by atoms with E-state index in [1.54, 1.807) is 24.3 Å². The minimum Gasteiger partial charge on any atom is -0.497 e. The zero-order chi connectivity index (χ0) is 28.4. The topological polar surface area (TPSA) is 143 Å². The number of sulfonamides is 2. The highest BCUT2D eigenvalue weighted by Crippen LogP contribution is 2.36. The zero-order valence-corrected chi connectivity index (χ0v) is 22.8. The molecule has 0 amide bonds. The van der Waals surface area contributed by atoms with Crippen LogP contribution in [-0.2, 0) is 24.8 Å². The first-order chi connectivity index (χ1) is 18.5. The summed E-state index contributed by atoms with van der Waals surface area (Å²) < 4.78 is 65.9. The fourth-order valence-electron chi connectivity index (χ4n) is 3.93. The molecular formula is C26H25N3O8S2. The lowest BCUT2D eigenvalue weighted by Crippen LogP contribution is -2.36. The van der Waals surface area contributed by atoms with Crippen LogP contribution in [0, 0.1) is 0 Å². The Hall–Kier alpha value is -4.36. The van der Waals surface area contributed by atoms with Crippen LogP contribution in [0.3, 0.4) is 0 Å². The second-order valence-electron chi connectivity index (χ2n) is 8.24. The lowest BCUT2D eigenvalue weighted by atomic mass is 10.1. The van der Waals surface area contributed by atoms with Crippen LogP contribution in [-0.4, -0.2) is 60.7 Å². The standard InChI is InChI=1S/C26H25N3O8S2/c1-28(38(32,33)20-12-8-18(36-2)9-13-20)26-23-7-5-4-6-22(23)24(16-27-26)29(17-25(30)31)39(34,35)21-14-10-19(37-3)11-15-21/h4-16H,17H2,1-3H3,(H,30,31). The maximum absolute atomic E-state index is 13.6. The quantitative estimate of drug-likeness (QED) is 0.303. The number of benzene rings is 3. The molecule has 0 fully saturated rings. The maximum Gasteiger partial charge on any atom is 0.324 e. The fraction of sp³-hybridized carbons (Fsp3) is 0.154. The first-order valence-electron chi connectivity index (χ1n) is 11.4. The van der Waals surface area contributed by atoms with Crippen molar-refractivity contribution in [3.05, 3.63) is 79.0 Å². The number of aromatic nitrogens is 1. The molecule has 39 heavy (non-hydrogen) atoms. The number of rotatable bonds is 10. The van der Waals surface area contributed by atoms with Crippen molar-refractivity contribution in [1.82, 2.24) is 4.98 Å². The third-order valence-electron chi connectivity index (χ3n) is 5.96. The number of carbonyl (C=O) groups is 1. The predicted molar refractivity (Wildman–Crippen MR) is 145 cm³/mol. The summed E-state index contributed by atoms with van der Waals surface area (Å²) >= 11 is 0. The number of anilines is 2. The van der Waals surface area contributed by atoms with Gasteiger partial charge in [0.15, 0.2) is 0 Å². The van der Waals surface area contributed by atoms with Gasteiger partial charge >= 0.3 is 5.97 Å². The van der Waals surface area contributed by atoms with E-state index in [9.17, 15) is 26.7 Å². The molecule has 1 N–H and O–H groups in total. The van der Waals surface area contributed by atoms with Gasteiger partial charge in [0.05, 0.1) is 35.9 Å². The van der Waals surface area contributed by atoms with Crippen LogP contribution < -0.4 is 18.1 Å². The average molecular weight is 572 g/mol. The number of hydrogen-bond donors (Lipinski definition) is 1. The summed E-state index contributed by atoms with van der Waals surface area (Å²) in [7, 11) is -4.19. The van der Waals surface area contributed by atoms with Crippen molar-refractivity contribution >= 4 is 48.3 Å². The molecule has 0 aliphatic carbocycles. The van der Waals surface area contributed by atoms with Crippen molar-refractivity contribution in [2.24, 2.45) is 0 Å². The van der Waals surface area contributed by atoms with Crippen molar-refractivity contribution in [3.63, 3.8) is 0 Å². The molecule has 0 aliphatic heterocycles. The molecule has 204 valence electrons. The van der Waals surface area contributed by atoms with E-state index in [-0.39, 0.29) is 26.7 Å². The number of aliphatic carboxylic acids is 1. The number of methoxy groups -OCH3 is 2. The van der Waals surface area contributed by atoms with Gasteiger partial charge < -0.3 is 14.6 Å². The van der Waals surface area contributed by atoms with Crippen LogP contribution in [0.2, 0.25) is 0 Å². The lowest BCUT2D eigenvalue weighted by molar-refractivity contribution is -0.135. The van der Waals surface area contributed by atoms with E-state index < -0.39 is 32.6 Å². The van der Waals surface area contributed by atoms with Gasteiger partial charge in [-0.1, -0.05) is 24.3 Å². The van der Waals surface area contributed by atoms with Crippen LogP contribution in [0.25, 0.3) is 10.8 Å². The molecule has 1 aromatic heterocycles. The van der Waals surface area contributed by atoms with E-state index in [2.05, 4.69) is 4.98 Å². The van der Waals surface area contributed by atoms with Gasteiger partial charge in [-0.3, -0.25) is 13.4 Å². The van der Waals surface area contributed by atoms with E-state index >= 15 is 0 Å². The molecule has 0 bridgehead atoms. The Bertz CT molecular complexity index is 1720. The Kier molecular flexibility index (Phi) is 7.65. The van der Waals surface area contributed by atoms with E-state index in [0.717, 1.165) is 14.8 Å². The second-order valence-corrected chi connectivity index (χ2v) is 12.1. The minimum atomic E-state index is -4.36. The summed E-state index contributed by atoms with van der Waals surface area (Å²) in [5.74, 6) is -0.445. The molecule has 3 aromatic carbocycles. The molecule has 0 saturated carbocycles. The largest absolute Gasteiger partial charge is 0.497 e. The van der Waals surface area contributed by atoms with Crippen molar-refractivity contribution < 1.29 is 36.2 Å². The molecule has 0 unspecified atom stereocenters. The number of fused-ring (bicyclic) bond motifs is 1. The van der Waals surface area contributed by atoms with Crippen LogP contribution in [0.15, 0.2) is 88.8 Å². The zero-order valence-electron chi connectivity index (χ0n) is 21.2. The van der Waals surface area contributed by atoms with Gasteiger partial charge in [0, 0.05) is 17.8 Å². The Morgan fingerprint density at radius 2 is 1.28 bits per heavy atom. The third kappa shape index (κ3) is 5.31. The molecule has 0 saturated heterocycles. The Morgan fingerprint density at radius 1 is 0.795 bits per heavy atom. The summed E-state index contributed by atoms with van der Waals surface area (Å²) in [5.41, 5.74) is -0.0252.